The number of nitrogens with one attached hydrogen (secondary N) is 1. The van der Waals surface area contributed by atoms with Gasteiger partial charge in [-0.3, -0.25) is 9.78 Å². The molecular formula is C17H23N3O5S. The second kappa shape index (κ2) is 8.03. The maximum Gasteiger partial charge on any atom is 0.308 e. The Kier molecular flexibility index (Phi) is 5.75. The quantitative estimate of drug-likeness (QED) is 0.774. The maximum absolute atomic E-state index is 12.5. The van der Waals surface area contributed by atoms with Crippen molar-refractivity contribution in [2.45, 2.75) is 56.4 Å². The van der Waals surface area contributed by atoms with Crippen LogP contribution in [0.25, 0.3) is 0 Å². The summed E-state index contributed by atoms with van der Waals surface area (Å²) in [6, 6.07) is 2.93. The molecule has 2 aliphatic rings. The summed E-state index contributed by atoms with van der Waals surface area (Å²) in [5.41, 5.74) is 0.718. The highest BCUT2D eigenvalue weighted by Crippen LogP contribution is 2.31. The number of amidine groups is 1. The van der Waals surface area contributed by atoms with E-state index in [0.29, 0.717) is 12.8 Å². The van der Waals surface area contributed by atoms with Gasteiger partial charge in [0.25, 0.3) is 10.0 Å². The Bertz CT molecular complexity index is 766. The van der Waals surface area contributed by atoms with Crippen molar-refractivity contribution in [1.29, 1.82) is 0 Å². The van der Waals surface area contributed by atoms with E-state index in [1.165, 1.54) is 0 Å². The molecule has 1 aliphatic heterocycles. The molecular weight excluding hydrogens is 358 g/mol. The zero-order valence-electron chi connectivity index (χ0n) is 14.6. The molecule has 2 heterocycles. The summed E-state index contributed by atoms with van der Waals surface area (Å²) < 4.78 is 39.5. The van der Waals surface area contributed by atoms with Gasteiger partial charge in [0.1, 0.15) is 11.4 Å². The molecule has 3 rings (SSSR count). The minimum absolute atomic E-state index is 0.00998. The van der Waals surface area contributed by atoms with Gasteiger partial charge in [-0.1, -0.05) is 12.5 Å². The van der Waals surface area contributed by atoms with E-state index in [4.69, 9.17) is 9.47 Å². The van der Waals surface area contributed by atoms with Gasteiger partial charge in [0.15, 0.2) is 0 Å². The first-order valence-electron chi connectivity index (χ1n) is 8.82. The van der Waals surface area contributed by atoms with Crippen LogP contribution in [0.5, 0.6) is 0 Å². The third-order valence-corrected chi connectivity index (χ3v) is 6.28. The number of carbonyl (C=O) groups is 1. The van der Waals surface area contributed by atoms with E-state index in [2.05, 4.69) is 14.7 Å². The number of hydrogen-bond acceptors (Lipinski definition) is 7. The minimum atomic E-state index is -3.63. The van der Waals surface area contributed by atoms with Crippen molar-refractivity contribution < 1.29 is 22.7 Å². The van der Waals surface area contributed by atoms with Crippen LogP contribution in [-0.2, 0) is 24.3 Å². The lowest BCUT2D eigenvalue weighted by atomic mass is 9.97. The van der Waals surface area contributed by atoms with Gasteiger partial charge in [-0.15, -0.1) is 4.40 Å². The molecule has 0 spiro atoms. The van der Waals surface area contributed by atoms with Crippen LogP contribution in [-0.4, -0.2) is 43.4 Å². The van der Waals surface area contributed by atoms with E-state index >= 15 is 0 Å². The smallest absolute Gasteiger partial charge is 0.308 e. The van der Waals surface area contributed by atoms with Gasteiger partial charge < -0.3 is 14.8 Å². The number of nitrogens with zero attached hydrogens (tertiary/aromatic N) is 2. The summed E-state index contributed by atoms with van der Waals surface area (Å²) >= 11 is 0. The summed E-state index contributed by atoms with van der Waals surface area (Å²) in [6.07, 6.45) is 5.89. The fraction of sp³-hybridized carbons (Fsp3) is 0.588. The third kappa shape index (κ3) is 4.32. The molecule has 1 saturated carbocycles. The van der Waals surface area contributed by atoms with Crippen LogP contribution in [0.4, 0.5) is 0 Å². The average Bonchev–Trinajstić information content (AvgIpc) is 2.62. The lowest BCUT2D eigenvalue weighted by Gasteiger charge is -2.34. The van der Waals surface area contributed by atoms with Crippen LogP contribution in [0.15, 0.2) is 28.9 Å². The Morgan fingerprint density at radius 1 is 1.42 bits per heavy atom. The second-order valence-corrected chi connectivity index (χ2v) is 8.20. The fourth-order valence-corrected chi connectivity index (χ4v) is 4.82. The van der Waals surface area contributed by atoms with Gasteiger partial charge in [-0.2, -0.15) is 0 Å². The Hall–Kier alpha value is -2.16. The van der Waals surface area contributed by atoms with E-state index in [-0.39, 0.29) is 19.0 Å². The van der Waals surface area contributed by atoms with E-state index in [1.54, 1.807) is 31.5 Å². The molecule has 1 aromatic heterocycles. The van der Waals surface area contributed by atoms with Crippen molar-refractivity contribution in [3.05, 3.63) is 30.1 Å². The number of hydrogen-bond donors (Lipinski definition) is 1. The SMILES string of the molecule is CCOC(=O)C[C@H](NC1=NS(=O)(=O)[C@@H]2CCCC[C@@H]2O1)c1cccnc1. The molecule has 8 nitrogen and oxygen atoms in total. The highest BCUT2D eigenvalue weighted by atomic mass is 32.2. The highest BCUT2D eigenvalue weighted by Gasteiger charge is 2.42. The number of sulfonamides is 1. The molecule has 26 heavy (non-hydrogen) atoms. The first kappa shape index (κ1) is 18.6. The predicted molar refractivity (Wildman–Crippen MR) is 94.8 cm³/mol. The van der Waals surface area contributed by atoms with E-state index < -0.39 is 33.4 Å². The molecule has 1 aromatic rings. The first-order chi connectivity index (χ1) is 12.5. The standard InChI is InChI=1S/C17H23N3O5S/c1-2-24-16(21)10-13(12-6-5-9-18-11-12)19-17-20-26(22,23)15-8-4-3-7-14(15)25-17/h5-6,9,11,13-15H,2-4,7-8,10H2,1H3,(H,19,20)/t13-,14-,15+/m0/s1. The van der Waals surface area contributed by atoms with Gasteiger partial charge in [-0.05, 0) is 37.8 Å². The molecule has 0 aromatic carbocycles. The number of pyridine rings is 1. The fourth-order valence-electron chi connectivity index (χ4n) is 3.32. The summed E-state index contributed by atoms with van der Waals surface area (Å²) in [5.74, 6) is -0.399. The van der Waals surface area contributed by atoms with Gasteiger partial charge in [0.2, 0.25) is 0 Å². The normalized spacial score (nSPS) is 25.2. The second-order valence-electron chi connectivity index (χ2n) is 6.38. The monoisotopic (exact) mass is 381 g/mol. The summed E-state index contributed by atoms with van der Waals surface area (Å²) in [5, 5.41) is 2.38. The largest absolute Gasteiger partial charge is 0.466 e. The predicted octanol–water partition coefficient (Wildman–Crippen LogP) is 1.69. The Labute approximate surface area is 153 Å². The minimum Gasteiger partial charge on any atom is -0.466 e. The molecule has 0 radical (unpaired) electrons. The van der Waals surface area contributed by atoms with Gasteiger partial charge in [-0.25, -0.2) is 8.42 Å². The Morgan fingerprint density at radius 2 is 2.23 bits per heavy atom. The van der Waals surface area contributed by atoms with Crippen LogP contribution in [0.2, 0.25) is 0 Å². The zero-order valence-corrected chi connectivity index (χ0v) is 15.4. The summed E-state index contributed by atoms with van der Waals surface area (Å²) in [7, 11) is -3.63. The third-order valence-electron chi connectivity index (χ3n) is 4.56. The number of ether oxygens (including phenoxy) is 2. The molecule has 9 heteroatoms. The van der Waals surface area contributed by atoms with E-state index in [0.717, 1.165) is 18.4 Å². The molecule has 1 N–H and O–H groups in total. The van der Waals surface area contributed by atoms with E-state index in [1.807, 2.05) is 0 Å². The van der Waals surface area contributed by atoms with E-state index in [9.17, 15) is 13.2 Å². The number of rotatable bonds is 5. The lowest BCUT2D eigenvalue weighted by molar-refractivity contribution is -0.143. The summed E-state index contributed by atoms with van der Waals surface area (Å²) in [4.78, 5) is 16.0. The highest BCUT2D eigenvalue weighted by molar-refractivity contribution is 7.91. The van der Waals surface area contributed by atoms with Crippen LogP contribution < -0.4 is 5.32 Å². The Balaban J connectivity index is 1.82. The van der Waals surface area contributed by atoms with Gasteiger partial charge in [0.05, 0.1) is 19.1 Å². The molecule has 3 atom stereocenters. The topological polar surface area (TPSA) is 107 Å². The van der Waals surface area contributed by atoms with Crippen molar-refractivity contribution in [2.24, 2.45) is 4.40 Å². The molecule has 142 valence electrons. The van der Waals surface area contributed by atoms with Crippen molar-refractivity contribution in [3.8, 4) is 0 Å². The van der Waals surface area contributed by atoms with Crippen molar-refractivity contribution in [1.82, 2.24) is 10.3 Å². The van der Waals surface area contributed by atoms with Gasteiger partial charge in [0, 0.05) is 12.4 Å². The molecule has 0 amide bonds. The van der Waals surface area contributed by atoms with Crippen LogP contribution in [0.1, 0.15) is 50.6 Å². The average molecular weight is 381 g/mol. The van der Waals surface area contributed by atoms with Crippen molar-refractivity contribution >= 4 is 22.0 Å². The van der Waals surface area contributed by atoms with Crippen LogP contribution >= 0.6 is 0 Å². The molecule has 1 fully saturated rings. The number of esters is 1. The number of aromatic nitrogens is 1. The van der Waals surface area contributed by atoms with Crippen molar-refractivity contribution in [3.63, 3.8) is 0 Å². The van der Waals surface area contributed by atoms with Crippen LogP contribution in [0.3, 0.4) is 0 Å². The molecule has 1 aliphatic carbocycles. The number of fused-ring (bicyclic) bond motifs is 1. The van der Waals surface area contributed by atoms with Gasteiger partial charge >= 0.3 is 12.0 Å². The lowest BCUT2D eigenvalue weighted by Crippen LogP contribution is -2.47. The zero-order chi connectivity index (χ0) is 18.6. The summed E-state index contributed by atoms with van der Waals surface area (Å²) in [6.45, 7) is 2.00. The first-order valence-corrected chi connectivity index (χ1v) is 10.3. The molecule has 0 bridgehead atoms. The maximum atomic E-state index is 12.5. The molecule has 0 unspecified atom stereocenters. The molecule has 0 saturated heterocycles. The van der Waals surface area contributed by atoms with Crippen LogP contribution in [0, 0.1) is 0 Å². The number of carbonyl (C=O) groups excluding carboxylic acids is 1. The van der Waals surface area contributed by atoms with Crippen molar-refractivity contribution in [2.75, 3.05) is 6.61 Å². The Morgan fingerprint density at radius 3 is 2.96 bits per heavy atom.